The third kappa shape index (κ3) is 3.15. The summed E-state index contributed by atoms with van der Waals surface area (Å²) in [7, 11) is 2.17. The van der Waals surface area contributed by atoms with Crippen LogP contribution in [0.25, 0.3) is 5.69 Å². The molecule has 1 atom stereocenters. The zero-order chi connectivity index (χ0) is 14.7. The van der Waals surface area contributed by atoms with Crippen molar-refractivity contribution in [2.45, 2.75) is 6.04 Å². The number of aromatic nitrogens is 2. The summed E-state index contributed by atoms with van der Waals surface area (Å²) >= 11 is 0. The number of piperazine rings is 1. The van der Waals surface area contributed by atoms with E-state index in [9.17, 15) is 0 Å². The average Bonchev–Trinajstić information content (AvgIpc) is 3.00. The SMILES string of the molecule is CN1CCN(C(CN)c2cnn(-c3ccccc3)c2)CC1. The van der Waals surface area contributed by atoms with Gasteiger partial charge in [-0.25, -0.2) is 4.68 Å². The van der Waals surface area contributed by atoms with Crippen molar-refractivity contribution >= 4 is 0 Å². The van der Waals surface area contributed by atoms with Crippen LogP contribution in [0.15, 0.2) is 42.7 Å². The van der Waals surface area contributed by atoms with Crippen LogP contribution in [-0.4, -0.2) is 59.4 Å². The van der Waals surface area contributed by atoms with E-state index in [-0.39, 0.29) is 6.04 Å². The lowest BCUT2D eigenvalue weighted by Gasteiger charge is -2.37. The molecule has 0 bridgehead atoms. The smallest absolute Gasteiger partial charge is 0.0645 e. The minimum atomic E-state index is 0.260. The number of benzene rings is 1. The second-order valence-electron chi connectivity index (χ2n) is 5.64. The summed E-state index contributed by atoms with van der Waals surface area (Å²) in [6, 6.07) is 10.4. The maximum atomic E-state index is 6.03. The van der Waals surface area contributed by atoms with Crippen molar-refractivity contribution in [1.29, 1.82) is 0 Å². The first-order chi connectivity index (χ1) is 10.3. The van der Waals surface area contributed by atoms with Gasteiger partial charge in [0, 0.05) is 44.5 Å². The highest BCUT2D eigenvalue weighted by molar-refractivity contribution is 5.31. The van der Waals surface area contributed by atoms with Gasteiger partial charge in [0.15, 0.2) is 0 Å². The number of rotatable bonds is 4. The molecule has 1 aliphatic heterocycles. The zero-order valence-corrected chi connectivity index (χ0v) is 12.5. The molecule has 0 saturated carbocycles. The Bertz CT molecular complexity index is 557. The van der Waals surface area contributed by atoms with Gasteiger partial charge >= 0.3 is 0 Å². The van der Waals surface area contributed by atoms with Gasteiger partial charge < -0.3 is 10.6 Å². The number of nitrogens with two attached hydrogens (primary N) is 1. The molecular weight excluding hydrogens is 262 g/mol. The van der Waals surface area contributed by atoms with Crippen LogP contribution in [0.5, 0.6) is 0 Å². The lowest BCUT2D eigenvalue weighted by atomic mass is 10.1. The maximum Gasteiger partial charge on any atom is 0.0645 e. The second-order valence-corrected chi connectivity index (χ2v) is 5.64. The molecule has 1 saturated heterocycles. The molecular formula is C16H23N5. The first kappa shape index (κ1) is 14.3. The van der Waals surface area contributed by atoms with Crippen LogP contribution in [0.3, 0.4) is 0 Å². The number of likely N-dealkylation sites (N-methyl/N-ethyl adjacent to an activating group) is 1. The molecule has 1 aliphatic rings. The lowest BCUT2D eigenvalue weighted by Crippen LogP contribution is -2.47. The highest BCUT2D eigenvalue weighted by Crippen LogP contribution is 2.21. The first-order valence-electron chi connectivity index (χ1n) is 7.50. The van der Waals surface area contributed by atoms with Crippen molar-refractivity contribution in [1.82, 2.24) is 19.6 Å². The quantitative estimate of drug-likeness (QED) is 0.914. The molecule has 0 radical (unpaired) electrons. The van der Waals surface area contributed by atoms with Gasteiger partial charge in [-0.3, -0.25) is 4.90 Å². The van der Waals surface area contributed by atoms with Crippen molar-refractivity contribution in [2.75, 3.05) is 39.8 Å². The number of nitrogens with zero attached hydrogens (tertiary/aromatic N) is 4. The topological polar surface area (TPSA) is 50.3 Å². The van der Waals surface area contributed by atoms with Crippen LogP contribution in [0.1, 0.15) is 11.6 Å². The minimum absolute atomic E-state index is 0.260. The van der Waals surface area contributed by atoms with Crippen molar-refractivity contribution in [2.24, 2.45) is 5.73 Å². The molecule has 2 N–H and O–H groups in total. The van der Waals surface area contributed by atoms with Gasteiger partial charge in [-0.05, 0) is 19.2 Å². The summed E-state index contributed by atoms with van der Waals surface area (Å²) in [6.45, 7) is 4.96. The normalized spacial score (nSPS) is 18.8. The summed E-state index contributed by atoms with van der Waals surface area (Å²) in [4.78, 5) is 4.82. The Hall–Kier alpha value is -1.69. The van der Waals surface area contributed by atoms with Gasteiger partial charge in [0.25, 0.3) is 0 Å². The van der Waals surface area contributed by atoms with Gasteiger partial charge in [0.05, 0.1) is 17.9 Å². The minimum Gasteiger partial charge on any atom is -0.329 e. The molecule has 2 aromatic rings. The Morgan fingerprint density at radius 2 is 1.86 bits per heavy atom. The largest absolute Gasteiger partial charge is 0.329 e. The van der Waals surface area contributed by atoms with Crippen LogP contribution in [-0.2, 0) is 0 Å². The van der Waals surface area contributed by atoms with Crippen molar-refractivity contribution in [3.63, 3.8) is 0 Å². The fourth-order valence-electron chi connectivity index (χ4n) is 2.86. The molecule has 0 aliphatic carbocycles. The first-order valence-corrected chi connectivity index (χ1v) is 7.50. The second kappa shape index (κ2) is 6.39. The molecule has 0 amide bonds. The summed E-state index contributed by atoms with van der Waals surface area (Å²) < 4.78 is 1.92. The van der Waals surface area contributed by atoms with Crippen molar-refractivity contribution in [3.05, 3.63) is 48.3 Å². The Kier molecular flexibility index (Phi) is 4.34. The standard InChI is InChI=1S/C16H23N5/c1-19-7-9-20(10-8-19)16(11-17)14-12-18-21(13-14)15-5-3-2-4-6-15/h2-6,12-13,16H,7-11,17H2,1H3. The fraction of sp³-hybridized carbons (Fsp3) is 0.438. The van der Waals surface area contributed by atoms with E-state index >= 15 is 0 Å². The third-order valence-corrected chi connectivity index (χ3v) is 4.21. The summed E-state index contributed by atoms with van der Waals surface area (Å²) in [5.41, 5.74) is 8.31. The van der Waals surface area contributed by atoms with Crippen LogP contribution < -0.4 is 5.73 Å². The molecule has 3 rings (SSSR count). The lowest BCUT2D eigenvalue weighted by molar-refractivity contribution is 0.114. The molecule has 1 unspecified atom stereocenters. The Morgan fingerprint density at radius 3 is 2.52 bits per heavy atom. The average molecular weight is 285 g/mol. The number of hydrogen-bond donors (Lipinski definition) is 1. The molecule has 2 heterocycles. The van der Waals surface area contributed by atoms with Gasteiger partial charge in [-0.1, -0.05) is 18.2 Å². The van der Waals surface area contributed by atoms with Gasteiger partial charge in [-0.15, -0.1) is 0 Å². The van der Waals surface area contributed by atoms with Gasteiger partial charge in [0.1, 0.15) is 0 Å². The van der Waals surface area contributed by atoms with Crippen LogP contribution in [0.2, 0.25) is 0 Å². The number of hydrogen-bond acceptors (Lipinski definition) is 4. The fourth-order valence-corrected chi connectivity index (χ4v) is 2.86. The molecule has 5 heteroatoms. The van der Waals surface area contributed by atoms with Gasteiger partial charge in [-0.2, -0.15) is 5.10 Å². The predicted molar refractivity (Wildman–Crippen MR) is 84.4 cm³/mol. The van der Waals surface area contributed by atoms with Crippen molar-refractivity contribution in [3.8, 4) is 5.69 Å². The van der Waals surface area contributed by atoms with E-state index < -0.39 is 0 Å². The summed E-state index contributed by atoms with van der Waals surface area (Å²) in [6.07, 6.45) is 4.05. The predicted octanol–water partition coefficient (Wildman–Crippen LogP) is 1.12. The molecule has 0 spiro atoms. The van der Waals surface area contributed by atoms with E-state index in [4.69, 9.17) is 5.73 Å². The Balaban J connectivity index is 1.77. The molecule has 5 nitrogen and oxygen atoms in total. The Labute approximate surface area is 126 Å². The van der Waals surface area contributed by atoms with E-state index in [1.165, 1.54) is 5.56 Å². The highest BCUT2D eigenvalue weighted by Gasteiger charge is 2.23. The van der Waals surface area contributed by atoms with Crippen LogP contribution in [0, 0.1) is 0 Å². The zero-order valence-electron chi connectivity index (χ0n) is 12.5. The monoisotopic (exact) mass is 285 g/mol. The van der Waals surface area contributed by atoms with E-state index in [0.29, 0.717) is 6.54 Å². The van der Waals surface area contributed by atoms with E-state index in [0.717, 1.165) is 31.9 Å². The van der Waals surface area contributed by atoms with E-state index in [2.05, 4.69) is 40.3 Å². The van der Waals surface area contributed by atoms with E-state index in [1.54, 1.807) is 0 Å². The van der Waals surface area contributed by atoms with Gasteiger partial charge in [0.2, 0.25) is 0 Å². The molecule has 1 aromatic heterocycles. The Morgan fingerprint density at radius 1 is 1.14 bits per heavy atom. The molecule has 1 aromatic carbocycles. The molecule has 112 valence electrons. The van der Waals surface area contributed by atoms with Crippen LogP contribution >= 0.6 is 0 Å². The van der Waals surface area contributed by atoms with Crippen molar-refractivity contribution < 1.29 is 0 Å². The third-order valence-electron chi connectivity index (χ3n) is 4.21. The number of para-hydroxylation sites is 1. The maximum absolute atomic E-state index is 6.03. The summed E-state index contributed by atoms with van der Waals surface area (Å²) in [5, 5.41) is 4.49. The summed E-state index contributed by atoms with van der Waals surface area (Å²) in [5.74, 6) is 0. The van der Waals surface area contributed by atoms with Crippen LogP contribution in [0.4, 0.5) is 0 Å². The van der Waals surface area contributed by atoms with E-state index in [1.807, 2.05) is 29.1 Å². The molecule has 21 heavy (non-hydrogen) atoms. The highest BCUT2D eigenvalue weighted by atomic mass is 15.3. The molecule has 1 fully saturated rings.